The molecular weight excluding hydrogens is 250 g/mol. The molecule has 0 saturated carbocycles. The van der Waals surface area contributed by atoms with Crippen LogP contribution in [0.1, 0.15) is 50.4 Å². The van der Waals surface area contributed by atoms with Crippen molar-refractivity contribution in [2.45, 2.75) is 52.8 Å². The summed E-state index contributed by atoms with van der Waals surface area (Å²) in [6, 6.07) is 7.27. The maximum absolute atomic E-state index is 3.63. The van der Waals surface area contributed by atoms with Gasteiger partial charge in [0.05, 0.1) is 0 Å². The van der Waals surface area contributed by atoms with Crippen molar-refractivity contribution in [2.75, 3.05) is 12.3 Å². The molecule has 0 bridgehead atoms. The second-order valence-corrected chi connectivity index (χ2v) is 7.16. The molecule has 0 fully saturated rings. The fourth-order valence-corrected chi connectivity index (χ4v) is 3.34. The Morgan fingerprint density at radius 3 is 2.37 bits per heavy atom. The summed E-state index contributed by atoms with van der Waals surface area (Å²) >= 11 is 2.08. The highest BCUT2D eigenvalue weighted by Gasteiger charge is 2.16. The molecule has 1 aromatic rings. The Balaban J connectivity index is 2.76. The van der Waals surface area contributed by atoms with Crippen molar-refractivity contribution >= 4 is 11.8 Å². The van der Waals surface area contributed by atoms with Crippen LogP contribution in [0.5, 0.6) is 0 Å². The molecule has 0 saturated heterocycles. The van der Waals surface area contributed by atoms with Gasteiger partial charge in [0.25, 0.3) is 0 Å². The number of thioether (sulfide) groups is 1. The third kappa shape index (κ3) is 5.19. The molecule has 0 aromatic heterocycles. The second kappa shape index (κ2) is 7.96. The number of rotatable bonds is 7. The van der Waals surface area contributed by atoms with Crippen LogP contribution in [0.25, 0.3) is 0 Å². The maximum Gasteiger partial charge on any atom is 0.0414 e. The van der Waals surface area contributed by atoms with E-state index in [9.17, 15) is 0 Å². The summed E-state index contributed by atoms with van der Waals surface area (Å²) in [5.74, 6) is 1.89. The standard InChI is InChI=1S/C17H29NS/c1-7-18-17(11-19-15(6)12(2)3)16-9-8-13(4)10-14(16)5/h8-10,12,15,17-18H,7,11H2,1-6H3. The first-order valence-electron chi connectivity index (χ1n) is 7.37. The summed E-state index contributed by atoms with van der Waals surface area (Å²) in [5, 5.41) is 4.35. The van der Waals surface area contributed by atoms with Gasteiger partial charge in [0.1, 0.15) is 0 Å². The van der Waals surface area contributed by atoms with Gasteiger partial charge >= 0.3 is 0 Å². The first-order chi connectivity index (χ1) is 8.95. The molecule has 1 aromatic carbocycles. The zero-order valence-corrected chi connectivity index (χ0v) is 14.1. The normalized spacial score (nSPS) is 14.7. The number of benzene rings is 1. The summed E-state index contributed by atoms with van der Waals surface area (Å²) in [5.41, 5.74) is 4.21. The van der Waals surface area contributed by atoms with E-state index in [-0.39, 0.29) is 0 Å². The zero-order chi connectivity index (χ0) is 14.4. The molecule has 19 heavy (non-hydrogen) atoms. The highest BCUT2D eigenvalue weighted by atomic mass is 32.2. The van der Waals surface area contributed by atoms with Gasteiger partial charge in [-0.15, -0.1) is 0 Å². The number of nitrogens with one attached hydrogen (secondary N) is 1. The average Bonchev–Trinajstić information content (AvgIpc) is 2.34. The first-order valence-corrected chi connectivity index (χ1v) is 8.42. The minimum Gasteiger partial charge on any atom is -0.310 e. The lowest BCUT2D eigenvalue weighted by Crippen LogP contribution is -2.25. The van der Waals surface area contributed by atoms with E-state index in [1.165, 1.54) is 16.7 Å². The lowest BCUT2D eigenvalue weighted by atomic mass is 10.0. The summed E-state index contributed by atoms with van der Waals surface area (Å²) in [7, 11) is 0. The van der Waals surface area contributed by atoms with E-state index in [0.717, 1.165) is 18.2 Å². The van der Waals surface area contributed by atoms with E-state index in [4.69, 9.17) is 0 Å². The van der Waals surface area contributed by atoms with Gasteiger partial charge in [-0.05, 0) is 37.4 Å². The third-order valence-electron chi connectivity index (χ3n) is 3.72. The third-order valence-corrected chi connectivity index (χ3v) is 5.31. The smallest absolute Gasteiger partial charge is 0.0414 e. The molecule has 0 aliphatic rings. The van der Waals surface area contributed by atoms with Gasteiger partial charge in [-0.3, -0.25) is 0 Å². The van der Waals surface area contributed by atoms with E-state index in [0.29, 0.717) is 11.3 Å². The predicted octanol–water partition coefficient (Wildman–Crippen LogP) is 4.73. The molecular formula is C17H29NS. The van der Waals surface area contributed by atoms with Crippen LogP contribution in [-0.2, 0) is 0 Å². The molecule has 0 spiro atoms. The van der Waals surface area contributed by atoms with Crippen LogP contribution in [0.15, 0.2) is 18.2 Å². The number of hydrogen-bond donors (Lipinski definition) is 1. The van der Waals surface area contributed by atoms with E-state index in [1.54, 1.807) is 0 Å². The molecule has 0 amide bonds. The Kier molecular flexibility index (Phi) is 6.95. The van der Waals surface area contributed by atoms with Crippen LogP contribution in [0.2, 0.25) is 0 Å². The SMILES string of the molecule is CCNC(CSC(C)C(C)C)c1ccc(C)cc1C. The van der Waals surface area contributed by atoms with Crippen molar-refractivity contribution in [2.24, 2.45) is 5.92 Å². The van der Waals surface area contributed by atoms with Crippen LogP contribution < -0.4 is 5.32 Å². The Hall–Kier alpha value is -0.470. The Labute approximate surface area is 123 Å². The Bertz CT molecular complexity index is 387. The quantitative estimate of drug-likeness (QED) is 0.774. The molecule has 2 atom stereocenters. The molecule has 108 valence electrons. The van der Waals surface area contributed by atoms with E-state index < -0.39 is 0 Å². The molecule has 2 unspecified atom stereocenters. The molecule has 2 heteroatoms. The minimum atomic E-state index is 0.469. The lowest BCUT2D eigenvalue weighted by molar-refractivity contribution is 0.596. The van der Waals surface area contributed by atoms with Crippen LogP contribution in [0, 0.1) is 19.8 Å². The number of aryl methyl sites for hydroxylation is 2. The molecule has 1 rings (SSSR count). The maximum atomic E-state index is 3.63. The highest BCUT2D eigenvalue weighted by Crippen LogP contribution is 2.27. The Morgan fingerprint density at radius 1 is 1.16 bits per heavy atom. The van der Waals surface area contributed by atoms with Gasteiger partial charge < -0.3 is 5.32 Å². The highest BCUT2D eigenvalue weighted by molar-refractivity contribution is 7.99. The van der Waals surface area contributed by atoms with Crippen molar-refractivity contribution in [3.05, 3.63) is 34.9 Å². The number of hydrogen-bond acceptors (Lipinski definition) is 2. The molecule has 0 heterocycles. The van der Waals surface area contributed by atoms with Crippen molar-refractivity contribution in [3.8, 4) is 0 Å². The molecule has 1 nitrogen and oxygen atoms in total. The van der Waals surface area contributed by atoms with E-state index >= 15 is 0 Å². The summed E-state index contributed by atoms with van der Waals surface area (Å²) in [6.45, 7) is 14.5. The van der Waals surface area contributed by atoms with Crippen LogP contribution in [0.3, 0.4) is 0 Å². The average molecular weight is 279 g/mol. The molecule has 1 N–H and O–H groups in total. The van der Waals surface area contributed by atoms with Gasteiger partial charge in [0.2, 0.25) is 0 Å². The molecule has 0 aliphatic carbocycles. The molecule has 0 radical (unpaired) electrons. The van der Waals surface area contributed by atoms with Gasteiger partial charge in [0, 0.05) is 17.0 Å². The van der Waals surface area contributed by atoms with Gasteiger partial charge in [-0.25, -0.2) is 0 Å². The fourth-order valence-electron chi connectivity index (χ4n) is 2.16. The largest absolute Gasteiger partial charge is 0.310 e. The van der Waals surface area contributed by atoms with Crippen molar-refractivity contribution in [1.82, 2.24) is 5.32 Å². The minimum absolute atomic E-state index is 0.469. The topological polar surface area (TPSA) is 12.0 Å². The Morgan fingerprint density at radius 2 is 1.84 bits per heavy atom. The van der Waals surface area contributed by atoms with Crippen molar-refractivity contribution in [1.29, 1.82) is 0 Å². The molecule has 0 aliphatic heterocycles. The van der Waals surface area contributed by atoms with Crippen molar-refractivity contribution in [3.63, 3.8) is 0 Å². The van der Waals surface area contributed by atoms with E-state index in [2.05, 4.69) is 76.8 Å². The van der Waals surface area contributed by atoms with Gasteiger partial charge in [-0.2, -0.15) is 11.8 Å². The predicted molar refractivity (Wildman–Crippen MR) is 89.1 cm³/mol. The lowest BCUT2D eigenvalue weighted by Gasteiger charge is -2.23. The van der Waals surface area contributed by atoms with Crippen LogP contribution >= 0.6 is 11.8 Å². The van der Waals surface area contributed by atoms with E-state index in [1.807, 2.05) is 0 Å². The summed E-state index contributed by atoms with van der Waals surface area (Å²) in [6.07, 6.45) is 0. The fraction of sp³-hybridized carbons (Fsp3) is 0.647. The first kappa shape index (κ1) is 16.6. The second-order valence-electron chi connectivity index (χ2n) is 5.75. The summed E-state index contributed by atoms with van der Waals surface area (Å²) in [4.78, 5) is 0. The van der Waals surface area contributed by atoms with Gasteiger partial charge in [0.15, 0.2) is 0 Å². The van der Waals surface area contributed by atoms with Crippen LogP contribution in [0.4, 0.5) is 0 Å². The van der Waals surface area contributed by atoms with Crippen LogP contribution in [-0.4, -0.2) is 17.5 Å². The zero-order valence-electron chi connectivity index (χ0n) is 13.3. The monoisotopic (exact) mass is 279 g/mol. The summed E-state index contributed by atoms with van der Waals surface area (Å²) < 4.78 is 0. The van der Waals surface area contributed by atoms with Gasteiger partial charge in [-0.1, -0.05) is 51.5 Å². The van der Waals surface area contributed by atoms with Crippen molar-refractivity contribution < 1.29 is 0 Å².